The Hall–Kier alpha value is -1.12. The molecule has 2 heteroatoms. The summed E-state index contributed by atoms with van der Waals surface area (Å²) in [6.07, 6.45) is 2.24. The summed E-state index contributed by atoms with van der Waals surface area (Å²) in [5.41, 5.74) is 5.30. The first-order valence-electron chi connectivity index (χ1n) is 6.07. The SMILES string of the molecule is COCCNCC(C)=Cc1ccc(C)cc1C. The number of nitrogens with one attached hydrogen (secondary N) is 1. The van der Waals surface area contributed by atoms with Crippen LogP contribution in [0.5, 0.6) is 0 Å². The van der Waals surface area contributed by atoms with Crippen LogP contribution in [0.3, 0.4) is 0 Å². The van der Waals surface area contributed by atoms with E-state index >= 15 is 0 Å². The van der Waals surface area contributed by atoms with E-state index in [4.69, 9.17) is 4.74 Å². The Morgan fingerprint density at radius 1 is 1.35 bits per heavy atom. The van der Waals surface area contributed by atoms with Crippen molar-refractivity contribution in [3.63, 3.8) is 0 Å². The minimum atomic E-state index is 0.761. The number of rotatable bonds is 6. The topological polar surface area (TPSA) is 21.3 Å². The Kier molecular flexibility index (Phi) is 5.95. The Morgan fingerprint density at radius 3 is 2.76 bits per heavy atom. The van der Waals surface area contributed by atoms with E-state index in [-0.39, 0.29) is 0 Å². The van der Waals surface area contributed by atoms with Gasteiger partial charge in [0.25, 0.3) is 0 Å². The predicted molar refractivity (Wildman–Crippen MR) is 74.3 cm³/mol. The minimum Gasteiger partial charge on any atom is -0.383 e. The second kappa shape index (κ2) is 7.25. The van der Waals surface area contributed by atoms with Crippen LogP contribution < -0.4 is 5.32 Å². The molecular formula is C15H23NO. The fraction of sp³-hybridized carbons (Fsp3) is 0.467. The van der Waals surface area contributed by atoms with Crippen molar-refractivity contribution in [1.29, 1.82) is 0 Å². The Balaban J connectivity index is 2.55. The number of methoxy groups -OCH3 is 1. The van der Waals surface area contributed by atoms with E-state index in [1.165, 1.54) is 22.3 Å². The summed E-state index contributed by atoms with van der Waals surface area (Å²) < 4.78 is 4.99. The van der Waals surface area contributed by atoms with Gasteiger partial charge in [0.2, 0.25) is 0 Å². The van der Waals surface area contributed by atoms with E-state index in [2.05, 4.69) is 50.4 Å². The van der Waals surface area contributed by atoms with E-state index in [1.807, 2.05) is 0 Å². The van der Waals surface area contributed by atoms with Crippen molar-refractivity contribution < 1.29 is 4.74 Å². The Morgan fingerprint density at radius 2 is 2.12 bits per heavy atom. The maximum atomic E-state index is 4.99. The zero-order valence-corrected chi connectivity index (χ0v) is 11.3. The van der Waals surface area contributed by atoms with Gasteiger partial charge in [0.15, 0.2) is 0 Å². The number of hydrogen-bond donors (Lipinski definition) is 1. The van der Waals surface area contributed by atoms with Crippen molar-refractivity contribution in [2.24, 2.45) is 0 Å². The fourth-order valence-corrected chi connectivity index (χ4v) is 1.76. The summed E-state index contributed by atoms with van der Waals surface area (Å²) in [6, 6.07) is 6.56. The second-order valence-corrected chi connectivity index (χ2v) is 4.52. The molecule has 0 saturated carbocycles. The van der Waals surface area contributed by atoms with Crippen LogP contribution in [0.15, 0.2) is 23.8 Å². The summed E-state index contributed by atoms with van der Waals surface area (Å²) in [4.78, 5) is 0. The van der Waals surface area contributed by atoms with Gasteiger partial charge < -0.3 is 10.1 Å². The van der Waals surface area contributed by atoms with Crippen molar-refractivity contribution in [2.45, 2.75) is 20.8 Å². The highest BCUT2D eigenvalue weighted by atomic mass is 16.5. The minimum absolute atomic E-state index is 0.761. The molecule has 0 spiro atoms. The Labute approximate surface area is 105 Å². The maximum absolute atomic E-state index is 4.99. The molecule has 0 saturated heterocycles. The second-order valence-electron chi connectivity index (χ2n) is 4.52. The molecule has 0 aromatic heterocycles. The van der Waals surface area contributed by atoms with Crippen LogP contribution in [0.2, 0.25) is 0 Å². The van der Waals surface area contributed by atoms with Crippen molar-refractivity contribution in [3.05, 3.63) is 40.5 Å². The largest absolute Gasteiger partial charge is 0.383 e. The highest BCUT2D eigenvalue weighted by Crippen LogP contribution is 2.13. The summed E-state index contributed by atoms with van der Waals surface area (Å²) >= 11 is 0. The van der Waals surface area contributed by atoms with Gasteiger partial charge in [0.1, 0.15) is 0 Å². The first kappa shape index (κ1) is 13.9. The molecule has 2 nitrogen and oxygen atoms in total. The molecule has 17 heavy (non-hydrogen) atoms. The van der Waals surface area contributed by atoms with E-state index in [0.29, 0.717) is 0 Å². The van der Waals surface area contributed by atoms with E-state index in [0.717, 1.165) is 19.7 Å². The van der Waals surface area contributed by atoms with Crippen LogP contribution in [0, 0.1) is 13.8 Å². The Bertz CT molecular complexity index is 383. The third-order valence-electron chi connectivity index (χ3n) is 2.71. The lowest BCUT2D eigenvalue weighted by atomic mass is 10.0. The normalized spacial score (nSPS) is 11.9. The molecule has 1 rings (SSSR count). The van der Waals surface area contributed by atoms with Gasteiger partial charge in [0.05, 0.1) is 6.61 Å². The van der Waals surface area contributed by atoms with Crippen LogP contribution in [0.4, 0.5) is 0 Å². The summed E-state index contributed by atoms with van der Waals surface area (Å²) in [7, 11) is 1.72. The molecular weight excluding hydrogens is 210 g/mol. The lowest BCUT2D eigenvalue weighted by molar-refractivity contribution is 0.200. The van der Waals surface area contributed by atoms with Crippen molar-refractivity contribution >= 4 is 6.08 Å². The highest BCUT2D eigenvalue weighted by Gasteiger charge is 1.96. The first-order chi connectivity index (χ1) is 8.13. The first-order valence-corrected chi connectivity index (χ1v) is 6.07. The van der Waals surface area contributed by atoms with Crippen LogP contribution in [0.1, 0.15) is 23.6 Å². The lowest BCUT2D eigenvalue weighted by Crippen LogP contribution is -2.20. The molecule has 0 aliphatic carbocycles. The maximum Gasteiger partial charge on any atom is 0.0587 e. The monoisotopic (exact) mass is 233 g/mol. The van der Waals surface area contributed by atoms with Crippen molar-refractivity contribution in [2.75, 3.05) is 26.8 Å². The molecule has 0 aliphatic rings. The van der Waals surface area contributed by atoms with Crippen molar-refractivity contribution in [3.8, 4) is 0 Å². The van der Waals surface area contributed by atoms with Gasteiger partial charge in [-0.1, -0.05) is 35.4 Å². The molecule has 0 fully saturated rings. The number of aryl methyl sites for hydroxylation is 2. The molecule has 0 bridgehead atoms. The average Bonchev–Trinajstić information content (AvgIpc) is 2.28. The van der Waals surface area contributed by atoms with Crippen molar-refractivity contribution in [1.82, 2.24) is 5.32 Å². The molecule has 1 aromatic carbocycles. The molecule has 0 unspecified atom stereocenters. The van der Waals surface area contributed by atoms with Gasteiger partial charge >= 0.3 is 0 Å². The van der Waals surface area contributed by atoms with Crippen LogP contribution in [0.25, 0.3) is 6.08 Å². The van der Waals surface area contributed by atoms with Gasteiger partial charge in [-0.3, -0.25) is 0 Å². The number of ether oxygens (including phenoxy) is 1. The number of hydrogen-bond acceptors (Lipinski definition) is 2. The van der Waals surface area contributed by atoms with Crippen LogP contribution in [-0.2, 0) is 4.74 Å². The van der Waals surface area contributed by atoms with E-state index in [9.17, 15) is 0 Å². The van der Waals surface area contributed by atoms with Gasteiger partial charge in [0, 0.05) is 20.2 Å². The zero-order chi connectivity index (χ0) is 12.7. The van der Waals surface area contributed by atoms with Gasteiger partial charge in [-0.2, -0.15) is 0 Å². The standard InChI is InChI=1S/C15H23NO/c1-12-5-6-15(14(3)9-12)10-13(2)11-16-7-8-17-4/h5-6,9-10,16H,7-8,11H2,1-4H3. The van der Waals surface area contributed by atoms with E-state index < -0.39 is 0 Å². The predicted octanol–water partition coefficient (Wildman–Crippen LogP) is 2.94. The average molecular weight is 233 g/mol. The van der Waals surface area contributed by atoms with Crippen LogP contribution >= 0.6 is 0 Å². The fourth-order valence-electron chi connectivity index (χ4n) is 1.76. The quantitative estimate of drug-likeness (QED) is 0.763. The molecule has 1 aromatic rings. The van der Waals surface area contributed by atoms with Gasteiger partial charge in [-0.25, -0.2) is 0 Å². The van der Waals surface area contributed by atoms with Crippen LogP contribution in [-0.4, -0.2) is 26.8 Å². The third-order valence-corrected chi connectivity index (χ3v) is 2.71. The number of benzene rings is 1. The van der Waals surface area contributed by atoms with Gasteiger partial charge in [-0.15, -0.1) is 0 Å². The summed E-state index contributed by atoms with van der Waals surface area (Å²) in [5.74, 6) is 0. The molecule has 0 radical (unpaired) electrons. The smallest absolute Gasteiger partial charge is 0.0587 e. The molecule has 94 valence electrons. The van der Waals surface area contributed by atoms with Gasteiger partial charge in [-0.05, 0) is 31.9 Å². The molecule has 0 atom stereocenters. The third kappa shape index (κ3) is 5.16. The molecule has 0 aliphatic heterocycles. The highest BCUT2D eigenvalue weighted by molar-refractivity contribution is 5.57. The zero-order valence-electron chi connectivity index (χ0n) is 11.3. The summed E-state index contributed by atoms with van der Waals surface area (Å²) in [6.45, 7) is 9.01. The molecule has 0 amide bonds. The lowest BCUT2D eigenvalue weighted by Gasteiger charge is -2.06. The molecule has 1 N–H and O–H groups in total. The van der Waals surface area contributed by atoms with E-state index in [1.54, 1.807) is 7.11 Å². The molecule has 0 heterocycles. The summed E-state index contributed by atoms with van der Waals surface area (Å²) in [5, 5.41) is 3.34.